The van der Waals surface area contributed by atoms with Crippen molar-refractivity contribution in [2.75, 3.05) is 31.5 Å². The molecule has 0 saturated carbocycles. The molecular formula is C23H27N5O2S. The van der Waals surface area contributed by atoms with Gasteiger partial charge in [0.25, 0.3) is 0 Å². The number of hydrogen-bond donors (Lipinski definition) is 1. The zero-order valence-corrected chi connectivity index (χ0v) is 18.5. The number of para-hydroxylation sites is 1. The van der Waals surface area contributed by atoms with Crippen LogP contribution in [-0.2, 0) is 9.59 Å². The summed E-state index contributed by atoms with van der Waals surface area (Å²) >= 11 is 1.68. The summed E-state index contributed by atoms with van der Waals surface area (Å²) in [4.78, 5) is 35.1. The molecule has 31 heavy (non-hydrogen) atoms. The molecular weight excluding hydrogens is 410 g/mol. The number of carbonyl (C=O) groups is 2. The van der Waals surface area contributed by atoms with E-state index in [4.69, 9.17) is 4.98 Å². The van der Waals surface area contributed by atoms with Gasteiger partial charge in [0.15, 0.2) is 0 Å². The third-order valence-corrected chi connectivity index (χ3v) is 7.26. The highest BCUT2D eigenvalue weighted by Crippen LogP contribution is 2.35. The van der Waals surface area contributed by atoms with Crippen molar-refractivity contribution in [1.82, 2.24) is 19.2 Å². The molecule has 2 aliphatic rings. The third-order valence-electron chi connectivity index (χ3n) is 6.38. The van der Waals surface area contributed by atoms with Gasteiger partial charge in [0.2, 0.25) is 17.8 Å². The largest absolute Gasteiger partial charge is 0.342 e. The Balaban J connectivity index is 1.35. The van der Waals surface area contributed by atoms with Gasteiger partial charge in [-0.25, -0.2) is 4.98 Å². The molecule has 3 aromatic rings. The molecule has 0 aliphatic carbocycles. The van der Waals surface area contributed by atoms with Gasteiger partial charge < -0.3 is 15.1 Å². The van der Waals surface area contributed by atoms with Gasteiger partial charge in [-0.1, -0.05) is 18.2 Å². The number of benzene rings is 1. The fourth-order valence-corrected chi connectivity index (χ4v) is 5.66. The van der Waals surface area contributed by atoms with Crippen LogP contribution in [0.2, 0.25) is 0 Å². The molecule has 2 aliphatic heterocycles. The van der Waals surface area contributed by atoms with E-state index in [0.717, 1.165) is 41.5 Å². The number of nitrogens with zero attached hydrogens (tertiary/aromatic N) is 4. The lowest BCUT2D eigenvalue weighted by Crippen LogP contribution is -2.43. The highest BCUT2D eigenvalue weighted by molar-refractivity contribution is 7.15. The van der Waals surface area contributed by atoms with Gasteiger partial charge in [0.05, 0.1) is 11.6 Å². The summed E-state index contributed by atoms with van der Waals surface area (Å²) in [6, 6.07) is 10.0. The Bertz CT molecular complexity index is 1090. The van der Waals surface area contributed by atoms with E-state index in [-0.39, 0.29) is 23.7 Å². The minimum absolute atomic E-state index is 0.0976. The van der Waals surface area contributed by atoms with Crippen LogP contribution in [0.25, 0.3) is 4.83 Å². The van der Waals surface area contributed by atoms with Crippen LogP contribution in [0, 0.1) is 5.92 Å². The zero-order chi connectivity index (χ0) is 21.4. The third kappa shape index (κ3) is 3.80. The first-order valence-corrected chi connectivity index (χ1v) is 11.9. The second-order valence-electron chi connectivity index (χ2n) is 8.35. The smallest absolute Gasteiger partial charge is 0.228 e. The highest BCUT2D eigenvalue weighted by atomic mass is 32.1. The molecule has 5 rings (SSSR count). The van der Waals surface area contributed by atoms with E-state index < -0.39 is 0 Å². The molecule has 4 heterocycles. The first-order chi connectivity index (χ1) is 15.1. The molecule has 7 nitrogen and oxygen atoms in total. The summed E-state index contributed by atoms with van der Waals surface area (Å²) < 4.78 is 2.10. The predicted octanol–water partition coefficient (Wildman–Crippen LogP) is 3.71. The van der Waals surface area contributed by atoms with E-state index in [1.165, 1.54) is 0 Å². The Kier molecular flexibility index (Phi) is 5.40. The monoisotopic (exact) mass is 437 g/mol. The van der Waals surface area contributed by atoms with Crippen molar-refractivity contribution < 1.29 is 9.59 Å². The second kappa shape index (κ2) is 8.34. The highest BCUT2D eigenvalue weighted by Gasteiger charge is 2.38. The average Bonchev–Trinajstić information content (AvgIpc) is 3.50. The molecule has 0 radical (unpaired) electrons. The van der Waals surface area contributed by atoms with E-state index in [0.29, 0.717) is 26.1 Å². The molecule has 1 N–H and O–H groups in total. The molecule has 8 heteroatoms. The van der Waals surface area contributed by atoms with Gasteiger partial charge in [0, 0.05) is 55.8 Å². The number of piperidine rings is 1. The second-order valence-corrected chi connectivity index (χ2v) is 9.24. The molecule has 2 saturated heterocycles. The number of aromatic nitrogens is 2. The number of carbonyl (C=O) groups excluding carboxylic acids is 2. The summed E-state index contributed by atoms with van der Waals surface area (Å²) in [6.45, 7) is 4.63. The Morgan fingerprint density at radius 2 is 2.10 bits per heavy atom. The summed E-state index contributed by atoms with van der Waals surface area (Å²) in [6.07, 6.45) is 4.36. The molecule has 0 bridgehead atoms. The number of anilines is 2. The summed E-state index contributed by atoms with van der Waals surface area (Å²) in [5.41, 5.74) is 2.06. The average molecular weight is 438 g/mol. The number of hydrogen-bond acceptors (Lipinski definition) is 5. The lowest BCUT2D eigenvalue weighted by Gasteiger charge is -2.33. The van der Waals surface area contributed by atoms with Gasteiger partial charge in [-0.05, 0) is 31.9 Å². The fourth-order valence-electron chi connectivity index (χ4n) is 4.75. The number of likely N-dealkylation sites (tertiary alicyclic amines) is 2. The summed E-state index contributed by atoms with van der Waals surface area (Å²) in [5.74, 6) is 1.03. The minimum Gasteiger partial charge on any atom is -0.342 e. The number of rotatable bonds is 5. The maximum atomic E-state index is 13.2. The van der Waals surface area contributed by atoms with Crippen molar-refractivity contribution in [1.29, 1.82) is 0 Å². The maximum Gasteiger partial charge on any atom is 0.228 e. The topological polar surface area (TPSA) is 70.0 Å². The zero-order valence-electron chi connectivity index (χ0n) is 17.7. The number of fused-ring (bicyclic) bond motifs is 1. The molecule has 162 valence electrons. The standard InChI is InChI=1S/C23H27N5O2S/c1-2-26-15-17(13-19(26)29)21(30)27-10-6-7-16(14-27)20-22-28(11-12-31-22)23(25-20)24-18-8-4-3-5-9-18/h3-5,8-9,11-12,16-17H,2,6-7,10,13-15H2,1H3,(H,24,25). The summed E-state index contributed by atoms with van der Waals surface area (Å²) in [7, 11) is 0. The Hall–Kier alpha value is -2.87. The fraction of sp³-hybridized carbons (Fsp3) is 0.435. The van der Waals surface area contributed by atoms with Crippen LogP contribution in [0.5, 0.6) is 0 Å². The van der Waals surface area contributed by atoms with Crippen molar-refractivity contribution in [3.05, 3.63) is 47.6 Å². The molecule has 2 unspecified atom stereocenters. The number of thiazole rings is 1. The van der Waals surface area contributed by atoms with Gasteiger partial charge in [-0.15, -0.1) is 11.3 Å². The van der Waals surface area contributed by atoms with Gasteiger partial charge in [0.1, 0.15) is 4.83 Å². The van der Waals surface area contributed by atoms with Crippen molar-refractivity contribution in [2.45, 2.75) is 32.1 Å². The van der Waals surface area contributed by atoms with Crippen molar-refractivity contribution >= 4 is 39.6 Å². The van der Waals surface area contributed by atoms with Crippen LogP contribution in [-0.4, -0.2) is 57.2 Å². The number of nitrogens with one attached hydrogen (secondary N) is 1. The van der Waals surface area contributed by atoms with E-state index in [1.54, 1.807) is 16.2 Å². The van der Waals surface area contributed by atoms with Crippen LogP contribution < -0.4 is 5.32 Å². The van der Waals surface area contributed by atoms with Crippen molar-refractivity contribution in [3.63, 3.8) is 0 Å². The van der Waals surface area contributed by atoms with Crippen LogP contribution >= 0.6 is 11.3 Å². The lowest BCUT2D eigenvalue weighted by atomic mass is 9.94. The van der Waals surface area contributed by atoms with Crippen LogP contribution in [0.4, 0.5) is 11.6 Å². The number of amides is 2. The van der Waals surface area contributed by atoms with Gasteiger partial charge in [-0.2, -0.15) is 0 Å². The number of imidazole rings is 1. The molecule has 0 spiro atoms. The normalized spacial score (nSPS) is 21.8. The molecule has 2 atom stereocenters. The van der Waals surface area contributed by atoms with Crippen molar-refractivity contribution in [3.8, 4) is 0 Å². The Morgan fingerprint density at radius 3 is 2.87 bits per heavy atom. The lowest BCUT2D eigenvalue weighted by molar-refractivity contribution is -0.137. The quantitative estimate of drug-likeness (QED) is 0.661. The summed E-state index contributed by atoms with van der Waals surface area (Å²) in [5, 5.41) is 5.50. The van der Waals surface area contributed by atoms with E-state index in [1.807, 2.05) is 48.4 Å². The Labute approximate surface area is 185 Å². The predicted molar refractivity (Wildman–Crippen MR) is 122 cm³/mol. The van der Waals surface area contributed by atoms with Crippen molar-refractivity contribution in [2.24, 2.45) is 5.92 Å². The molecule has 1 aromatic carbocycles. The van der Waals surface area contributed by atoms with E-state index in [2.05, 4.69) is 15.1 Å². The van der Waals surface area contributed by atoms with Crippen LogP contribution in [0.1, 0.15) is 37.8 Å². The van der Waals surface area contributed by atoms with E-state index in [9.17, 15) is 9.59 Å². The molecule has 2 fully saturated rings. The van der Waals surface area contributed by atoms with Crippen LogP contribution in [0.3, 0.4) is 0 Å². The van der Waals surface area contributed by atoms with Gasteiger partial charge in [-0.3, -0.25) is 14.0 Å². The maximum absolute atomic E-state index is 13.2. The minimum atomic E-state index is -0.203. The van der Waals surface area contributed by atoms with Gasteiger partial charge >= 0.3 is 0 Å². The first-order valence-electron chi connectivity index (χ1n) is 11.0. The molecule has 2 aromatic heterocycles. The SMILES string of the molecule is CCN1CC(C(=O)N2CCCC(c3nc(Nc4ccccc4)n4ccsc34)C2)CC1=O. The van der Waals surface area contributed by atoms with Crippen LogP contribution in [0.15, 0.2) is 41.9 Å². The first kappa shape index (κ1) is 20.1. The molecule has 2 amide bonds. The Morgan fingerprint density at radius 1 is 1.26 bits per heavy atom. The van der Waals surface area contributed by atoms with E-state index >= 15 is 0 Å².